The lowest BCUT2D eigenvalue weighted by atomic mass is 9.83. The van der Waals surface area contributed by atoms with Gasteiger partial charge in [-0.25, -0.2) is 0 Å². The van der Waals surface area contributed by atoms with E-state index in [1.54, 1.807) is 0 Å². The number of rotatable bonds is 2. The molecule has 10 aromatic rings. The molecule has 1 nitrogen and oxygen atoms in total. The lowest BCUT2D eigenvalue weighted by Gasteiger charge is -2.20. The van der Waals surface area contributed by atoms with Gasteiger partial charge in [0, 0.05) is 10.8 Å². The molecule has 0 bridgehead atoms. The summed E-state index contributed by atoms with van der Waals surface area (Å²) in [5.41, 5.74) is 6.87. The summed E-state index contributed by atoms with van der Waals surface area (Å²) in [6.07, 6.45) is 0. The first-order chi connectivity index (χ1) is 22.3. The Morgan fingerprint density at radius 1 is 0.267 bits per heavy atom. The Morgan fingerprint density at radius 2 is 0.800 bits per heavy atom. The molecule has 0 aliphatic rings. The van der Waals surface area contributed by atoms with Crippen molar-refractivity contribution in [3.05, 3.63) is 158 Å². The molecule has 0 aliphatic heterocycles. The summed E-state index contributed by atoms with van der Waals surface area (Å²) in [5, 5.41) is 14.9. The van der Waals surface area contributed by atoms with E-state index >= 15 is 0 Å². The van der Waals surface area contributed by atoms with Crippen molar-refractivity contribution in [3.63, 3.8) is 0 Å². The average molecular weight is 571 g/mol. The fourth-order valence-electron chi connectivity index (χ4n) is 7.68. The largest absolute Gasteiger partial charge is 0.456 e. The number of hydrogen-bond acceptors (Lipinski definition) is 1. The average Bonchev–Trinajstić information content (AvgIpc) is 3.46. The number of hydrogen-bond donors (Lipinski definition) is 0. The van der Waals surface area contributed by atoms with E-state index < -0.39 is 0 Å². The number of fused-ring (bicyclic) bond motifs is 9. The van der Waals surface area contributed by atoms with Crippen LogP contribution in [0.2, 0.25) is 0 Å². The number of para-hydroxylation sites is 1. The van der Waals surface area contributed by atoms with Gasteiger partial charge < -0.3 is 4.42 Å². The third-order valence-corrected chi connectivity index (χ3v) is 9.63. The van der Waals surface area contributed by atoms with Gasteiger partial charge in [-0.2, -0.15) is 0 Å². The Balaban J connectivity index is 1.33. The van der Waals surface area contributed by atoms with Crippen molar-refractivity contribution in [3.8, 4) is 22.3 Å². The second kappa shape index (κ2) is 9.29. The summed E-state index contributed by atoms with van der Waals surface area (Å²) in [4.78, 5) is 0. The van der Waals surface area contributed by atoms with Crippen LogP contribution in [0.5, 0.6) is 0 Å². The molecule has 0 N–H and O–H groups in total. The van der Waals surface area contributed by atoms with Crippen LogP contribution >= 0.6 is 0 Å². The number of furan rings is 1. The predicted octanol–water partition coefficient (Wildman–Crippen LogP) is 12.7. The van der Waals surface area contributed by atoms with E-state index in [0.717, 1.165) is 21.9 Å². The molecule has 0 aliphatic carbocycles. The van der Waals surface area contributed by atoms with Gasteiger partial charge in [-0.1, -0.05) is 140 Å². The van der Waals surface area contributed by atoms with Gasteiger partial charge in [-0.3, -0.25) is 0 Å². The van der Waals surface area contributed by atoms with Crippen LogP contribution < -0.4 is 0 Å². The van der Waals surface area contributed by atoms with Crippen LogP contribution in [0, 0.1) is 0 Å². The maximum Gasteiger partial charge on any atom is 0.136 e. The predicted molar refractivity (Wildman–Crippen MR) is 192 cm³/mol. The summed E-state index contributed by atoms with van der Waals surface area (Å²) < 4.78 is 6.37. The topological polar surface area (TPSA) is 13.1 Å². The zero-order valence-electron chi connectivity index (χ0n) is 24.4. The van der Waals surface area contributed by atoms with Gasteiger partial charge in [0.15, 0.2) is 0 Å². The monoisotopic (exact) mass is 570 g/mol. The fourth-order valence-corrected chi connectivity index (χ4v) is 7.68. The quantitative estimate of drug-likeness (QED) is 0.149. The maximum atomic E-state index is 6.37. The maximum absolute atomic E-state index is 6.37. The minimum atomic E-state index is 0.921. The smallest absolute Gasteiger partial charge is 0.136 e. The van der Waals surface area contributed by atoms with Gasteiger partial charge in [-0.05, 0) is 94.3 Å². The Kier molecular flexibility index (Phi) is 5.06. The van der Waals surface area contributed by atoms with Gasteiger partial charge in [0.05, 0.1) is 0 Å². The van der Waals surface area contributed by atoms with Crippen molar-refractivity contribution >= 4 is 75.8 Å². The summed E-state index contributed by atoms with van der Waals surface area (Å²) in [5.74, 6) is 0. The van der Waals surface area contributed by atoms with Crippen molar-refractivity contribution in [1.82, 2.24) is 0 Å². The minimum Gasteiger partial charge on any atom is -0.456 e. The van der Waals surface area contributed by atoms with E-state index in [1.807, 2.05) is 6.07 Å². The summed E-state index contributed by atoms with van der Waals surface area (Å²) in [6.45, 7) is 0. The molecular formula is C44H26O. The second-order valence-electron chi connectivity index (χ2n) is 12.0. The molecule has 10 rings (SSSR count). The van der Waals surface area contributed by atoms with Crippen molar-refractivity contribution in [1.29, 1.82) is 0 Å². The summed E-state index contributed by atoms with van der Waals surface area (Å²) >= 11 is 0. The van der Waals surface area contributed by atoms with Crippen LogP contribution in [0.15, 0.2) is 162 Å². The summed E-state index contributed by atoms with van der Waals surface area (Å²) in [6, 6.07) is 57.4. The molecule has 0 unspecified atom stereocenters. The zero-order chi connectivity index (χ0) is 29.5. The Bertz CT molecular complexity index is 2760. The highest BCUT2D eigenvalue weighted by atomic mass is 16.3. The lowest BCUT2D eigenvalue weighted by molar-refractivity contribution is 0.669. The SMILES string of the molecule is c1cc(-c2c3ccccc3c(-c3cccc4c3ccc3ccccc34)c3ccccc23)c2cc3oc4ccccc4c3cc2c1. The van der Waals surface area contributed by atoms with E-state index in [9.17, 15) is 0 Å². The van der Waals surface area contributed by atoms with E-state index in [2.05, 4.69) is 152 Å². The van der Waals surface area contributed by atoms with Crippen LogP contribution in [-0.2, 0) is 0 Å². The van der Waals surface area contributed by atoms with Crippen LogP contribution in [0.25, 0.3) is 98.1 Å². The van der Waals surface area contributed by atoms with E-state index in [0.29, 0.717) is 0 Å². The first kappa shape index (κ1) is 24.5. The van der Waals surface area contributed by atoms with E-state index in [4.69, 9.17) is 4.42 Å². The molecule has 0 spiro atoms. The first-order valence-electron chi connectivity index (χ1n) is 15.5. The molecule has 0 radical (unpaired) electrons. The van der Waals surface area contributed by atoms with Crippen LogP contribution in [0.3, 0.4) is 0 Å². The van der Waals surface area contributed by atoms with Gasteiger partial charge in [0.25, 0.3) is 0 Å². The van der Waals surface area contributed by atoms with Crippen LogP contribution in [-0.4, -0.2) is 0 Å². The molecule has 0 saturated carbocycles. The molecule has 45 heavy (non-hydrogen) atoms. The third-order valence-electron chi connectivity index (χ3n) is 9.63. The highest BCUT2D eigenvalue weighted by molar-refractivity contribution is 6.26. The second-order valence-corrected chi connectivity index (χ2v) is 12.0. The van der Waals surface area contributed by atoms with Crippen LogP contribution in [0.1, 0.15) is 0 Å². The Labute approximate surface area is 259 Å². The molecule has 0 fully saturated rings. The zero-order valence-corrected chi connectivity index (χ0v) is 24.4. The van der Waals surface area contributed by atoms with Crippen molar-refractivity contribution in [2.75, 3.05) is 0 Å². The summed E-state index contributed by atoms with van der Waals surface area (Å²) in [7, 11) is 0. The standard InChI is InChI=1S/C44H26O/c1-2-13-29-27(11-1)23-24-31-30(29)19-10-21-33(31)43-34-15-3-5-17-36(34)44(37-18-6-4-16-35(37)43)38-20-9-12-28-25-40-32-14-7-8-22-41(32)45-42(40)26-39(28)38/h1-26H. The molecule has 0 amide bonds. The number of benzene rings is 9. The normalized spacial score (nSPS) is 12.0. The molecule has 1 heterocycles. The van der Waals surface area contributed by atoms with E-state index in [-0.39, 0.29) is 0 Å². The Morgan fingerprint density at radius 3 is 1.51 bits per heavy atom. The van der Waals surface area contributed by atoms with E-state index in [1.165, 1.54) is 76.1 Å². The van der Waals surface area contributed by atoms with Gasteiger partial charge in [0.1, 0.15) is 11.2 Å². The fraction of sp³-hybridized carbons (Fsp3) is 0. The highest BCUT2D eigenvalue weighted by Gasteiger charge is 2.20. The lowest BCUT2D eigenvalue weighted by Crippen LogP contribution is -1.92. The minimum absolute atomic E-state index is 0.921. The Hall–Kier alpha value is -5.92. The molecular weight excluding hydrogens is 544 g/mol. The molecule has 1 heteroatoms. The highest BCUT2D eigenvalue weighted by Crippen LogP contribution is 2.47. The van der Waals surface area contributed by atoms with Gasteiger partial charge in [-0.15, -0.1) is 0 Å². The van der Waals surface area contributed by atoms with Gasteiger partial charge >= 0.3 is 0 Å². The molecule has 0 saturated heterocycles. The third kappa shape index (κ3) is 3.50. The molecule has 1 aromatic heterocycles. The van der Waals surface area contributed by atoms with Crippen molar-refractivity contribution in [2.45, 2.75) is 0 Å². The van der Waals surface area contributed by atoms with Gasteiger partial charge in [0.2, 0.25) is 0 Å². The first-order valence-corrected chi connectivity index (χ1v) is 15.5. The van der Waals surface area contributed by atoms with Crippen molar-refractivity contribution in [2.24, 2.45) is 0 Å². The van der Waals surface area contributed by atoms with Crippen molar-refractivity contribution < 1.29 is 4.42 Å². The molecule has 9 aromatic carbocycles. The molecule has 208 valence electrons. The van der Waals surface area contributed by atoms with Crippen LogP contribution in [0.4, 0.5) is 0 Å². The molecule has 0 atom stereocenters.